The molecule has 4 saturated carbocycles. The Bertz CT molecular complexity index is 959. The summed E-state index contributed by atoms with van der Waals surface area (Å²) in [6.07, 6.45) is 8.92. The van der Waals surface area contributed by atoms with Gasteiger partial charge >= 0.3 is 0 Å². The average Bonchev–Trinajstić information content (AvgIpc) is 3.19. The topological polar surface area (TPSA) is 51.5 Å². The van der Waals surface area contributed by atoms with Gasteiger partial charge in [0, 0.05) is 11.1 Å². The predicted molar refractivity (Wildman–Crippen MR) is 127 cm³/mol. The third kappa shape index (κ3) is 4.26. The van der Waals surface area contributed by atoms with Crippen molar-refractivity contribution < 1.29 is 13.9 Å². The molecule has 0 spiro atoms. The van der Waals surface area contributed by atoms with Crippen molar-refractivity contribution in [3.8, 4) is 5.75 Å². The molecule has 6 rings (SSSR count). The lowest BCUT2D eigenvalue weighted by molar-refractivity contribution is -0.0728. The number of ether oxygens (including phenoxy) is 1. The molecule has 1 amide bonds. The van der Waals surface area contributed by atoms with E-state index in [-0.39, 0.29) is 24.0 Å². The molecule has 0 aliphatic heterocycles. The van der Waals surface area contributed by atoms with Crippen molar-refractivity contribution in [2.75, 3.05) is 0 Å². The van der Waals surface area contributed by atoms with E-state index in [4.69, 9.17) is 44.0 Å². The first-order chi connectivity index (χ1) is 15.3. The first-order valence-corrected chi connectivity index (χ1v) is 12.7. The summed E-state index contributed by atoms with van der Waals surface area (Å²) in [5, 5.41) is 4.41. The van der Waals surface area contributed by atoms with Gasteiger partial charge in [0.15, 0.2) is 11.5 Å². The number of nitrogens with one attached hydrogen (secondary N) is 1. The third-order valence-corrected chi connectivity index (χ3v) is 8.53. The molecule has 7 heteroatoms. The predicted octanol–water partition coefficient (Wildman–Crippen LogP) is 7.54. The second-order valence-corrected chi connectivity index (χ2v) is 11.2. The second-order valence-electron chi connectivity index (χ2n) is 9.97. The van der Waals surface area contributed by atoms with Gasteiger partial charge in [-0.25, -0.2) is 0 Å². The Kier molecular flexibility index (Phi) is 6.15. The highest BCUT2D eigenvalue weighted by atomic mass is 35.5. The second kappa shape index (κ2) is 8.77. The Balaban J connectivity index is 1.24. The Morgan fingerprint density at radius 1 is 1.09 bits per heavy atom. The van der Waals surface area contributed by atoms with Gasteiger partial charge in [-0.05, 0) is 92.4 Å². The lowest BCUT2D eigenvalue weighted by Crippen LogP contribution is -2.56. The quantitative estimate of drug-likeness (QED) is 0.430. The molecule has 172 valence electrons. The molecule has 4 nitrogen and oxygen atoms in total. The van der Waals surface area contributed by atoms with Gasteiger partial charge in [0.05, 0.1) is 10.0 Å². The summed E-state index contributed by atoms with van der Waals surface area (Å²) in [7, 11) is 0. The van der Waals surface area contributed by atoms with Crippen molar-refractivity contribution in [3.63, 3.8) is 0 Å². The van der Waals surface area contributed by atoms with Crippen LogP contribution in [0.25, 0.3) is 0 Å². The summed E-state index contributed by atoms with van der Waals surface area (Å²) in [5.41, 5.74) is 0.264. The van der Waals surface area contributed by atoms with Crippen LogP contribution in [0.15, 0.2) is 28.7 Å². The van der Waals surface area contributed by atoms with E-state index in [2.05, 4.69) is 12.2 Å². The van der Waals surface area contributed by atoms with Crippen LogP contribution < -0.4 is 10.1 Å². The number of carbonyl (C=O) groups excluding carboxylic acids is 1. The zero-order valence-electron chi connectivity index (χ0n) is 18.1. The molecule has 4 aliphatic rings. The molecule has 1 unspecified atom stereocenters. The number of hydrogen-bond acceptors (Lipinski definition) is 3. The van der Waals surface area contributed by atoms with Gasteiger partial charge in [-0.2, -0.15) is 0 Å². The van der Waals surface area contributed by atoms with Gasteiger partial charge in [0.1, 0.15) is 12.4 Å². The van der Waals surface area contributed by atoms with E-state index >= 15 is 0 Å². The summed E-state index contributed by atoms with van der Waals surface area (Å²) in [6.45, 7) is 2.30. The van der Waals surface area contributed by atoms with Crippen LogP contribution in [0.4, 0.5) is 0 Å². The van der Waals surface area contributed by atoms with Crippen molar-refractivity contribution in [2.24, 2.45) is 23.2 Å². The number of rotatable bonds is 7. The van der Waals surface area contributed by atoms with E-state index in [1.54, 1.807) is 24.3 Å². The molecule has 0 saturated heterocycles. The Morgan fingerprint density at radius 3 is 2.25 bits per heavy atom. The summed E-state index contributed by atoms with van der Waals surface area (Å²) in [4.78, 5) is 13.0. The number of carbonyl (C=O) groups is 1. The van der Waals surface area contributed by atoms with Gasteiger partial charge in [-0.15, -0.1) is 0 Å². The minimum atomic E-state index is -0.151. The monoisotopic (exact) mass is 495 g/mol. The van der Waals surface area contributed by atoms with E-state index in [0.717, 1.165) is 24.2 Å². The third-order valence-electron chi connectivity index (χ3n) is 7.75. The molecule has 2 aromatic rings. The first kappa shape index (κ1) is 22.4. The van der Waals surface area contributed by atoms with Crippen LogP contribution in [0, 0.1) is 23.2 Å². The van der Waals surface area contributed by atoms with Crippen molar-refractivity contribution in [2.45, 2.75) is 64.5 Å². The summed E-state index contributed by atoms with van der Waals surface area (Å²) < 4.78 is 11.5. The van der Waals surface area contributed by atoms with Gasteiger partial charge in [-0.3, -0.25) is 4.79 Å². The molecule has 4 bridgehead atoms. The standard InChI is InChI=1S/C25H28Cl3NO3/c1-2-22(25-10-14-5-15(11-25)7-16(6-14)12-25)29-24(30)21-4-3-18(32-21)13-31-23-19(27)8-17(26)9-20(23)28/h3-4,8-9,14-16,22H,2,5-7,10-13H2,1H3,(H,29,30). The van der Waals surface area contributed by atoms with Gasteiger partial charge < -0.3 is 14.5 Å². The molecule has 1 heterocycles. The number of furan rings is 1. The molecule has 1 N–H and O–H groups in total. The van der Waals surface area contributed by atoms with E-state index in [0.29, 0.717) is 32.3 Å². The number of halogens is 3. The van der Waals surface area contributed by atoms with Gasteiger partial charge in [-0.1, -0.05) is 41.7 Å². The maximum Gasteiger partial charge on any atom is 0.287 e. The lowest BCUT2D eigenvalue weighted by Gasteiger charge is -2.59. The minimum absolute atomic E-state index is 0.112. The summed E-state index contributed by atoms with van der Waals surface area (Å²) in [5.74, 6) is 3.58. The maximum absolute atomic E-state index is 13.0. The van der Waals surface area contributed by atoms with Crippen LogP contribution in [0.3, 0.4) is 0 Å². The molecular formula is C25H28Cl3NO3. The van der Waals surface area contributed by atoms with E-state index in [9.17, 15) is 4.79 Å². The van der Waals surface area contributed by atoms with Crippen LogP contribution >= 0.6 is 34.8 Å². The van der Waals surface area contributed by atoms with Crippen LogP contribution in [0.5, 0.6) is 5.75 Å². The minimum Gasteiger partial charge on any atom is -0.483 e. The molecule has 4 aliphatic carbocycles. The molecular weight excluding hydrogens is 469 g/mol. The average molecular weight is 497 g/mol. The maximum atomic E-state index is 13.0. The summed E-state index contributed by atoms with van der Waals surface area (Å²) >= 11 is 18.3. The van der Waals surface area contributed by atoms with Crippen molar-refractivity contribution in [1.82, 2.24) is 5.32 Å². The fourth-order valence-electron chi connectivity index (χ4n) is 6.91. The summed E-state index contributed by atoms with van der Waals surface area (Å²) in [6, 6.07) is 6.78. The van der Waals surface area contributed by atoms with Gasteiger partial charge in [0.2, 0.25) is 0 Å². The largest absolute Gasteiger partial charge is 0.483 e. The normalized spacial score (nSPS) is 29.2. The SMILES string of the molecule is CCC(NC(=O)c1ccc(COc2c(Cl)cc(Cl)cc2Cl)o1)C12CC3CC(CC(C3)C1)C2. The van der Waals surface area contributed by atoms with Crippen molar-refractivity contribution in [3.05, 3.63) is 50.9 Å². The Hall–Kier alpha value is -1.36. The van der Waals surface area contributed by atoms with Crippen LogP contribution in [-0.2, 0) is 6.61 Å². The van der Waals surface area contributed by atoms with E-state index in [1.807, 2.05) is 0 Å². The molecule has 4 fully saturated rings. The highest BCUT2D eigenvalue weighted by Crippen LogP contribution is 2.61. The van der Waals surface area contributed by atoms with E-state index < -0.39 is 0 Å². The number of benzene rings is 1. The highest BCUT2D eigenvalue weighted by Gasteiger charge is 2.54. The van der Waals surface area contributed by atoms with Gasteiger partial charge in [0.25, 0.3) is 5.91 Å². The molecule has 1 aromatic carbocycles. The molecule has 1 aromatic heterocycles. The van der Waals surface area contributed by atoms with Crippen LogP contribution in [0.1, 0.15) is 68.2 Å². The van der Waals surface area contributed by atoms with Crippen LogP contribution in [0.2, 0.25) is 15.1 Å². The Labute approximate surface area is 203 Å². The molecule has 1 atom stereocenters. The first-order valence-electron chi connectivity index (χ1n) is 11.5. The smallest absolute Gasteiger partial charge is 0.287 e. The Morgan fingerprint density at radius 2 is 1.69 bits per heavy atom. The van der Waals surface area contributed by atoms with Crippen molar-refractivity contribution in [1.29, 1.82) is 0 Å². The number of hydrogen-bond donors (Lipinski definition) is 1. The van der Waals surface area contributed by atoms with Crippen LogP contribution in [-0.4, -0.2) is 11.9 Å². The fraction of sp³-hybridized carbons (Fsp3) is 0.560. The van der Waals surface area contributed by atoms with Crippen molar-refractivity contribution >= 4 is 40.7 Å². The zero-order chi connectivity index (χ0) is 22.5. The molecule has 32 heavy (non-hydrogen) atoms. The molecule has 0 radical (unpaired) electrons. The van der Waals surface area contributed by atoms with E-state index in [1.165, 1.54) is 38.5 Å². The lowest BCUT2D eigenvalue weighted by atomic mass is 9.47. The number of amides is 1. The highest BCUT2D eigenvalue weighted by molar-refractivity contribution is 6.40. The fourth-order valence-corrected chi connectivity index (χ4v) is 7.84. The zero-order valence-corrected chi connectivity index (χ0v) is 20.4.